The molecular weight excluding hydrogens is 350 g/mol. The average Bonchev–Trinajstić information content (AvgIpc) is 3.22. The van der Waals surface area contributed by atoms with Crippen molar-refractivity contribution < 1.29 is 28.6 Å². The van der Waals surface area contributed by atoms with Crippen molar-refractivity contribution in [2.75, 3.05) is 27.4 Å². The summed E-state index contributed by atoms with van der Waals surface area (Å²) < 4.78 is 15.7. The zero-order valence-corrected chi connectivity index (χ0v) is 15.4. The summed E-state index contributed by atoms with van der Waals surface area (Å²) in [7, 11) is 3.08. The second kappa shape index (κ2) is 7.67. The molecule has 1 N–H and O–H groups in total. The van der Waals surface area contributed by atoms with Crippen molar-refractivity contribution in [3.05, 3.63) is 64.8 Å². The van der Waals surface area contributed by atoms with Gasteiger partial charge in [-0.1, -0.05) is 12.1 Å². The van der Waals surface area contributed by atoms with Crippen molar-refractivity contribution in [1.29, 1.82) is 0 Å². The molecule has 7 heteroatoms. The van der Waals surface area contributed by atoms with Crippen LogP contribution in [0.2, 0.25) is 0 Å². The van der Waals surface area contributed by atoms with Gasteiger partial charge in [-0.05, 0) is 36.8 Å². The molecule has 0 saturated carbocycles. The van der Waals surface area contributed by atoms with E-state index in [2.05, 4.69) is 0 Å². The molecule has 0 radical (unpaired) electrons. The molecule has 1 aromatic heterocycles. The molecule has 1 aromatic carbocycles. The number of ketones is 1. The minimum atomic E-state index is -0.739. The van der Waals surface area contributed by atoms with Crippen LogP contribution >= 0.6 is 0 Å². The molecule has 0 spiro atoms. The number of amides is 1. The van der Waals surface area contributed by atoms with Gasteiger partial charge in [0.25, 0.3) is 5.91 Å². The lowest BCUT2D eigenvalue weighted by molar-refractivity contribution is -0.130. The molecule has 2 aromatic rings. The van der Waals surface area contributed by atoms with Crippen LogP contribution in [0.25, 0.3) is 0 Å². The van der Waals surface area contributed by atoms with Gasteiger partial charge < -0.3 is 23.9 Å². The molecule has 27 heavy (non-hydrogen) atoms. The maximum absolute atomic E-state index is 13.0. The number of hydrogen-bond donors (Lipinski definition) is 1. The molecule has 142 valence electrons. The number of aryl methyl sites for hydroxylation is 1. The van der Waals surface area contributed by atoms with Crippen LogP contribution in [0.1, 0.15) is 27.9 Å². The van der Waals surface area contributed by atoms with E-state index in [0.717, 1.165) is 0 Å². The predicted octanol–water partition coefficient (Wildman–Crippen LogP) is 2.82. The molecule has 3 rings (SSSR count). The molecule has 1 atom stereocenters. The van der Waals surface area contributed by atoms with Crippen molar-refractivity contribution in [3.63, 3.8) is 0 Å². The van der Waals surface area contributed by atoms with Gasteiger partial charge in [-0.2, -0.15) is 0 Å². The van der Waals surface area contributed by atoms with Crippen LogP contribution in [0.15, 0.2) is 52.1 Å². The van der Waals surface area contributed by atoms with Gasteiger partial charge in [0.1, 0.15) is 11.5 Å². The highest BCUT2D eigenvalue weighted by molar-refractivity contribution is 6.15. The maximum atomic E-state index is 13.0. The number of aliphatic hydroxyl groups excluding tert-OH is 1. The highest BCUT2D eigenvalue weighted by Crippen LogP contribution is 2.39. The molecule has 1 aliphatic heterocycles. The van der Waals surface area contributed by atoms with Gasteiger partial charge in [0.2, 0.25) is 5.78 Å². The second-order valence-corrected chi connectivity index (χ2v) is 6.17. The van der Waals surface area contributed by atoms with Crippen LogP contribution in [-0.2, 0) is 9.53 Å². The molecule has 0 fully saturated rings. The first-order valence-electron chi connectivity index (χ1n) is 8.46. The van der Waals surface area contributed by atoms with E-state index in [-0.39, 0.29) is 24.5 Å². The summed E-state index contributed by atoms with van der Waals surface area (Å²) >= 11 is 0. The largest absolute Gasteiger partial charge is 0.503 e. The Hall–Kier alpha value is -3.06. The van der Waals surface area contributed by atoms with E-state index in [1.54, 1.807) is 44.4 Å². The quantitative estimate of drug-likeness (QED) is 0.753. The molecule has 0 unspecified atom stereocenters. The second-order valence-electron chi connectivity index (χ2n) is 6.17. The summed E-state index contributed by atoms with van der Waals surface area (Å²) in [5.74, 6) is -0.400. The molecule has 7 nitrogen and oxygen atoms in total. The fourth-order valence-electron chi connectivity index (χ4n) is 3.13. The van der Waals surface area contributed by atoms with E-state index in [0.29, 0.717) is 17.1 Å². The zero-order valence-electron chi connectivity index (χ0n) is 15.4. The zero-order chi connectivity index (χ0) is 19.6. The van der Waals surface area contributed by atoms with E-state index in [1.807, 2.05) is 0 Å². The van der Waals surface area contributed by atoms with Crippen LogP contribution in [0.4, 0.5) is 0 Å². The molecule has 1 amide bonds. The number of Topliss-reactive ketones (excluding diaryl/α,β-unsaturated/α-hetero) is 1. The SMILES string of the molecule is COCCN1C(=O)C(O)=C(C(=O)c2ccc(C)o2)[C@@H]1c1ccc(OC)cc1. The lowest BCUT2D eigenvalue weighted by Crippen LogP contribution is -2.33. The predicted molar refractivity (Wildman–Crippen MR) is 96.8 cm³/mol. The maximum Gasteiger partial charge on any atom is 0.290 e. The summed E-state index contributed by atoms with van der Waals surface area (Å²) in [5.41, 5.74) is 0.673. The van der Waals surface area contributed by atoms with E-state index in [9.17, 15) is 14.7 Å². The standard InChI is InChI=1S/C20H21NO6/c1-12-4-9-15(27-12)18(22)16-17(13-5-7-14(26-3)8-6-13)21(10-11-25-2)20(24)19(16)23/h4-9,17,23H,10-11H2,1-3H3/t17-/m0/s1. The van der Waals surface area contributed by atoms with Gasteiger partial charge in [0.15, 0.2) is 11.5 Å². The number of rotatable bonds is 7. The molecular formula is C20H21NO6. The van der Waals surface area contributed by atoms with Gasteiger partial charge in [-0.15, -0.1) is 0 Å². The third-order valence-corrected chi connectivity index (χ3v) is 4.48. The number of benzene rings is 1. The number of ether oxygens (including phenoxy) is 2. The number of nitrogens with zero attached hydrogens (tertiary/aromatic N) is 1. The Bertz CT molecular complexity index is 880. The van der Waals surface area contributed by atoms with Crippen molar-refractivity contribution in [2.45, 2.75) is 13.0 Å². The minimum absolute atomic E-state index is 0.00406. The minimum Gasteiger partial charge on any atom is -0.503 e. The normalized spacial score (nSPS) is 16.9. The molecule has 0 aliphatic carbocycles. The third kappa shape index (κ3) is 3.46. The molecule has 0 saturated heterocycles. The highest BCUT2D eigenvalue weighted by atomic mass is 16.5. The monoisotopic (exact) mass is 371 g/mol. The van der Waals surface area contributed by atoms with Gasteiger partial charge in [0.05, 0.1) is 25.3 Å². The number of carbonyl (C=O) groups excluding carboxylic acids is 2. The Morgan fingerprint density at radius 2 is 1.89 bits per heavy atom. The highest BCUT2D eigenvalue weighted by Gasteiger charge is 2.44. The van der Waals surface area contributed by atoms with Crippen LogP contribution in [0.3, 0.4) is 0 Å². The number of furan rings is 1. The number of hydrogen-bond acceptors (Lipinski definition) is 6. The van der Waals surface area contributed by atoms with Crippen molar-refractivity contribution in [1.82, 2.24) is 4.90 Å². The fraction of sp³-hybridized carbons (Fsp3) is 0.300. The first-order valence-corrected chi connectivity index (χ1v) is 8.46. The van der Waals surface area contributed by atoms with Crippen LogP contribution < -0.4 is 4.74 Å². The molecule has 1 aliphatic rings. The Morgan fingerprint density at radius 1 is 1.19 bits per heavy atom. The van der Waals surface area contributed by atoms with E-state index < -0.39 is 23.5 Å². The van der Waals surface area contributed by atoms with Crippen molar-refractivity contribution in [3.8, 4) is 5.75 Å². The van der Waals surface area contributed by atoms with Crippen molar-refractivity contribution >= 4 is 11.7 Å². The lowest BCUT2D eigenvalue weighted by Gasteiger charge is -2.26. The first kappa shape index (κ1) is 18.7. The average molecular weight is 371 g/mol. The summed E-state index contributed by atoms with van der Waals surface area (Å²) in [5, 5.41) is 10.5. The smallest absolute Gasteiger partial charge is 0.290 e. The molecule has 2 heterocycles. The lowest BCUT2D eigenvalue weighted by atomic mass is 9.95. The number of aliphatic hydroxyl groups is 1. The summed E-state index contributed by atoms with van der Waals surface area (Å²) in [6.07, 6.45) is 0. The van der Waals surface area contributed by atoms with Gasteiger partial charge >= 0.3 is 0 Å². The summed E-state index contributed by atoms with van der Waals surface area (Å²) in [6, 6.07) is 9.45. The van der Waals surface area contributed by atoms with Crippen LogP contribution in [-0.4, -0.2) is 49.1 Å². The topological polar surface area (TPSA) is 89.2 Å². The van der Waals surface area contributed by atoms with Crippen molar-refractivity contribution in [2.24, 2.45) is 0 Å². The summed E-state index contributed by atoms with van der Waals surface area (Å²) in [4.78, 5) is 27.0. The van der Waals surface area contributed by atoms with Gasteiger partial charge in [0, 0.05) is 13.7 Å². The van der Waals surface area contributed by atoms with Gasteiger partial charge in [-0.3, -0.25) is 9.59 Å². The van der Waals surface area contributed by atoms with Crippen LogP contribution in [0, 0.1) is 6.92 Å². The Morgan fingerprint density at radius 3 is 2.44 bits per heavy atom. The number of carbonyl (C=O) groups is 2. The van der Waals surface area contributed by atoms with E-state index in [1.165, 1.54) is 18.1 Å². The Balaban J connectivity index is 2.05. The van der Waals surface area contributed by atoms with Gasteiger partial charge in [-0.25, -0.2) is 0 Å². The molecule has 0 bridgehead atoms. The van der Waals surface area contributed by atoms with E-state index >= 15 is 0 Å². The Kier molecular flexibility index (Phi) is 5.32. The first-order chi connectivity index (χ1) is 13.0. The summed E-state index contributed by atoms with van der Waals surface area (Å²) in [6.45, 7) is 2.22. The fourth-order valence-corrected chi connectivity index (χ4v) is 3.13. The third-order valence-electron chi connectivity index (χ3n) is 4.48. The number of methoxy groups -OCH3 is 2. The Labute approximate surface area is 156 Å². The van der Waals surface area contributed by atoms with E-state index in [4.69, 9.17) is 13.9 Å². The van der Waals surface area contributed by atoms with Crippen LogP contribution in [0.5, 0.6) is 5.75 Å².